The molecule has 1 aromatic rings. The van der Waals surface area contributed by atoms with E-state index in [1.807, 2.05) is 30.3 Å². The molecule has 3 N–H and O–H groups in total. The maximum absolute atomic E-state index is 12.9. The second-order valence-corrected chi connectivity index (χ2v) is 6.82. The Bertz CT molecular complexity index is 512. The molecular weight excluding hydrogens is 274 g/mol. The number of carbonyl (C=O) groups excluding carboxylic acids is 1. The lowest BCUT2D eigenvalue weighted by Crippen LogP contribution is -2.47. The molecule has 3 rings (SSSR count). The fraction of sp³-hybridized carbons (Fsp3) is 0.611. The molecule has 1 aliphatic heterocycles. The van der Waals surface area contributed by atoms with E-state index >= 15 is 0 Å². The molecule has 22 heavy (non-hydrogen) atoms. The van der Waals surface area contributed by atoms with Crippen molar-refractivity contribution in [1.29, 1.82) is 0 Å². The van der Waals surface area contributed by atoms with Crippen molar-refractivity contribution < 1.29 is 4.79 Å². The third-order valence-electron chi connectivity index (χ3n) is 5.42. The predicted molar refractivity (Wildman–Crippen MR) is 87.8 cm³/mol. The van der Waals surface area contributed by atoms with E-state index in [2.05, 4.69) is 5.32 Å². The number of hydrogen-bond donors (Lipinski definition) is 2. The van der Waals surface area contributed by atoms with Crippen molar-refractivity contribution in [3.63, 3.8) is 0 Å². The Morgan fingerprint density at radius 3 is 2.50 bits per heavy atom. The molecule has 1 unspecified atom stereocenters. The maximum atomic E-state index is 12.9. The highest BCUT2D eigenvalue weighted by atomic mass is 16.2. The highest BCUT2D eigenvalue weighted by Crippen LogP contribution is 2.37. The molecule has 1 heterocycles. The van der Waals surface area contributed by atoms with Crippen LogP contribution in [-0.4, -0.2) is 24.1 Å². The number of nitrogens with two attached hydrogens (primary N) is 1. The Morgan fingerprint density at radius 1 is 1.23 bits per heavy atom. The van der Waals surface area contributed by atoms with E-state index in [-0.39, 0.29) is 5.91 Å². The summed E-state index contributed by atoms with van der Waals surface area (Å²) >= 11 is 0. The van der Waals surface area contributed by atoms with Gasteiger partial charge in [-0.3, -0.25) is 15.8 Å². The molecule has 4 nitrogen and oxygen atoms in total. The molecule has 0 bridgehead atoms. The van der Waals surface area contributed by atoms with Gasteiger partial charge in [-0.2, -0.15) is 0 Å². The third kappa shape index (κ3) is 2.77. The van der Waals surface area contributed by atoms with E-state index in [4.69, 9.17) is 5.73 Å². The van der Waals surface area contributed by atoms with Crippen molar-refractivity contribution in [3.05, 3.63) is 35.9 Å². The normalized spacial score (nSPS) is 30.0. The van der Waals surface area contributed by atoms with Gasteiger partial charge in [0.2, 0.25) is 5.91 Å². The van der Waals surface area contributed by atoms with Crippen LogP contribution in [0.3, 0.4) is 0 Å². The molecule has 1 saturated heterocycles. The van der Waals surface area contributed by atoms with Crippen LogP contribution in [0.15, 0.2) is 30.3 Å². The van der Waals surface area contributed by atoms with Gasteiger partial charge < -0.3 is 4.90 Å². The Kier molecular flexibility index (Phi) is 4.50. The standard InChI is InChI=1S/C18H27N3O/c1-21-16(22)18(20-17(21)19,15-10-6-3-7-11-15)13-12-14-8-4-2-5-9-14/h3,6-7,10-11,14,17,20H,2,4-5,8-9,12-13,19H2,1H3/t17?,18-/m1/s1. The summed E-state index contributed by atoms with van der Waals surface area (Å²) in [5, 5.41) is 3.38. The number of nitrogens with zero attached hydrogens (tertiary/aromatic N) is 1. The molecule has 1 aliphatic carbocycles. The van der Waals surface area contributed by atoms with Crippen LogP contribution in [0.1, 0.15) is 50.5 Å². The average Bonchev–Trinajstić information content (AvgIpc) is 2.80. The van der Waals surface area contributed by atoms with Crippen LogP contribution in [0, 0.1) is 5.92 Å². The summed E-state index contributed by atoms with van der Waals surface area (Å²) < 4.78 is 0. The molecule has 120 valence electrons. The fourth-order valence-corrected chi connectivity index (χ4v) is 3.99. The van der Waals surface area contributed by atoms with Gasteiger partial charge in [0.1, 0.15) is 11.8 Å². The van der Waals surface area contributed by atoms with E-state index in [1.165, 1.54) is 32.1 Å². The largest absolute Gasteiger partial charge is 0.316 e. The van der Waals surface area contributed by atoms with Crippen molar-refractivity contribution in [3.8, 4) is 0 Å². The lowest BCUT2D eigenvalue weighted by molar-refractivity contribution is -0.132. The molecular formula is C18H27N3O. The molecule has 1 amide bonds. The minimum Gasteiger partial charge on any atom is -0.316 e. The van der Waals surface area contributed by atoms with Crippen LogP contribution >= 0.6 is 0 Å². The molecule has 2 fully saturated rings. The van der Waals surface area contributed by atoms with Crippen LogP contribution < -0.4 is 11.1 Å². The lowest BCUT2D eigenvalue weighted by Gasteiger charge is -2.31. The molecule has 2 atom stereocenters. The summed E-state index contributed by atoms with van der Waals surface area (Å²) in [7, 11) is 1.78. The first-order valence-corrected chi connectivity index (χ1v) is 8.49. The van der Waals surface area contributed by atoms with E-state index in [9.17, 15) is 4.79 Å². The molecule has 0 radical (unpaired) electrons. The predicted octanol–water partition coefficient (Wildman–Crippen LogP) is 2.55. The molecule has 2 aliphatic rings. The molecule has 1 aromatic carbocycles. The first-order valence-electron chi connectivity index (χ1n) is 8.49. The SMILES string of the molecule is CN1C(=O)[C@@](CCC2CCCCC2)(c2ccccc2)NC1N. The summed E-state index contributed by atoms with van der Waals surface area (Å²) in [6.07, 6.45) is 8.17. The number of hydrogen-bond acceptors (Lipinski definition) is 3. The number of amides is 1. The number of likely N-dealkylation sites (N-methyl/N-ethyl adjacent to an activating group) is 1. The van der Waals surface area contributed by atoms with Gasteiger partial charge in [0.15, 0.2) is 0 Å². The van der Waals surface area contributed by atoms with Crippen molar-refractivity contribution >= 4 is 5.91 Å². The first-order chi connectivity index (χ1) is 10.6. The Morgan fingerprint density at radius 2 is 1.91 bits per heavy atom. The zero-order valence-corrected chi connectivity index (χ0v) is 13.4. The topological polar surface area (TPSA) is 58.4 Å². The van der Waals surface area contributed by atoms with Gasteiger partial charge in [-0.05, 0) is 24.3 Å². The molecule has 1 saturated carbocycles. The summed E-state index contributed by atoms with van der Waals surface area (Å²) in [5.41, 5.74) is 6.48. The number of rotatable bonds is 4. The van der Waals surface area contributed by atoms with Crippen molar-refractivity contribution in [1.82, 2.24) is 10.2 Å². The zero-order valence-electron chi connectivity index (χ0n) is 13.4. The lowest BCUT2D eigenvalue weighted by atomic mass is 9.79. The monoisotopic (exact) mass is 301 g/mol. The Hall–Kier alpha value is -1.39. The maximum Gasteiger partial charge on any atom is 0.249 e. The van der Waals surface area contributed by atoms with Gasteiger partial charge in [0.05, 0.1) is 0 Å². The molecule has 0 spiro atoms. The minimum atomic E-state index is -0.646. The summed E-state index contributed by atoms with van der Waals surface area (Å²) in [6, 6.07) is 10.1. The third-order valence-corrected chi connectivity index (χ3v) is 5.42. The quantitative estimate of drug-likeness (QED) is 0.898. The summed E-state index contributed by atoms with van der Waals surface area (Å²) in [6.45, 7) is 0. The van der Waals surface area contributed by atoms with Gasteiger partial charge in [-0.1, -0.05) is 62.4 Å². The van der Waals surface area contributed by atoms with Gasteiger partial charge in [0, 0.05) is 7.05 Å². The van der Waals surface area contributed by atoms with Crippen molar-refractivity contribution in [2.45, 2.75) is 56.8 Å². The van der Waals surface area contributed by atoms with Crippen LogP contribution in [-0.2, 0) is 10.3 Å². The highest BCUT2D eigenvalue weighted by molar-refractivity contribution is 5.89. The smallest absolute Gasteiger partial charge is 0.249 e. The number of carbonyl (C=O) groups is 1. The average molecular weight is 301 g/mol. The van der Waals surface area contributed by atoms with Crippen LogP contribution in [0.25, 0.3) is 0 Å². The molecule has 0 aromatic heterocycles. The number of benzene rings is 1. The second-order valence-electron chi connectivity index (χ2n) is 6.82. The van der Waals surface area contributed by atoms with E-state index in [0.717, 1.165) is 24.3 Å². The van der Waals surface area contributed by atoms with E-state index in [0.29, 0.717) is 0 Å². The van der Waals surface area contributed by atoms with Gasteiger partial charge in [-0.15, -0.1) is 0 Å². The van der Waals surface area contributed by atoms with Gasteiger partial charge >= 0.3 is 0 Å². The van der Waals surface area contributed by atoms with E-state index < -0.39 is 11.8 Å². The van der Waals surface area contributed by atoms with Gasteiger partial charge in [0.25, 0.3) is 0 Å². The minimum absolute atomic E-state index is 0.0991. The first kappa shape index (κ1) is 15.5. The summed E-state index contributed by atoms with van der Waals surface area (Å²) in [4.78, 5) is 14.5. The molecule has 4 heteroatoms. The van der Waals surface area contributed by atoms with Crippen molar-refractivity contribution in [2.24, 2.45) is 11.7 Å². The fourth-order valence-electron chi connectivity index (χ4n) is 3.99. The van der Waals surface area contributed by atoms with Crippen molar-refractivity contribution in [2.75, 3.05) is 7.05 Å². The number of nitrogens with one attached hydrogen (secondary N) is 1. The van der Waals surface area contributed by atoms with E-state index in [1.54, 1.807) is 11.9 Å². The Labute approximate surface area is 133 Å². The highest BCUT2D eigenvalue weighted by Gasteiger charge is 2.49. The van der Waals surface area contributed by atoms with Crippen LogP contribution in [0.4, 0.5) is 0 Å². The van der Waals surface area contributed by atoms with Crippen LogP contribution in [0.5, 0.6) is 0 Å². The van der Waals surface area contributed by atoms with Gasteiger partial charge in [-0.25, -0.2) is 0 Å². The zero-order chi connectivity index (χ0) is 15.6. The van der Waals surface area contributed by atoms with Crippen LogP contribution in [0.2, 0.25) is 0 Å². The summed E-state index contributed by atoms with van der Waals surface area (Å²) in [5.74, 6) is 0.855. The Balaban J connectivity index is 1.82. The second kappa shape index (κ2) is 6.39.